The molecule has 2 heterocycles. The van der Waals surface area contributed by atoms with E-state index in [1.165, 1.54) is 16.9 Å². The van der Waals surface area contributed by atoms with Gasteiger partial charge in [0.15, 0.2) is 0 Å². The van der Waals surface area contributed by atoms with E-state index in [-0.39, 0.29) is 11.5 Å². The minimum absolute atomic E-state index is 0.00389. The van der Waals surface area contributed by atoms with Crippen molar-refractivity contribution in [1.29, 1.82) is 0 Å². The van der Waals surface area contributed by atoms with Crippen molar-refractivity contribution in [3.05, 3.63) is 27.1 Å². The Balaban J connectivity index is 1.73. The number of aryl methyl sites for hydroxylation is 3. The van der Waals surface area contributed by atoms with Gasteiger partial charge in [-0.1, -0.05) is 13.3 Å². The first-order valence-corrected chi connectivity index (χ1v) is 10.7. The molecule has 2 aromatic heterocycles. The molecule has 1 amide bonds. The summed E-state index contributed by atoms with van der Waals surface area (Å²) in [4.78, 5) is 34.1. The van der Waals surface area contributed by atoms with Crippen LogP contribution in [0.15, 0.2) is 11.1 Å². The maximum absolute atomic E-state index is 13.0. The van der Waals surface area contributed by atoms with Crippen LogP contribution < -0.4 is 5.56 Å². The molecule has 3 rings (SSSR count). The van der Waals surface area contributed by atoms with Crippen LogP contribution in [0.5, 0.6) is 0 Å². The Labute approximate surface area is 164 Å². The lowest BCUT2D eigenvalue weighted by molar-refractivity contribution is -0.132. The van der Waals surface area contributed by atoms with Crippen LogP contribution in [0, 0.1) is 0 Å². The summed E-state index contributed by atoms with van der Waals surface area (Å²) in [6.45, 7) is 4.36. The van der Waals surface area contributed by atoms with Crippen molar-refractivity contribution in [1.82, 2.24) is 14.5 Å². The molecule has 0 bridgehead atoms. The standard InChI is InChI=1S/C20H29N3O3S/c1-3-4-10-22(12-13-26-2)17(24)9-11-23-14-21-19-18(20(23)25)15-7-5-6-8-16(15)27-19/h14H,3-13H2,1-2H3. The number of methoxy groups -OCH3 is 1. The lowest BCUT2D eigenvalue weighted by Crippen LogP contribution is -2.36. The van der Waals surface area contributed by atoms with Gasteiger partial charge in [-0.15, -0.1) is 11.3 Å². The van der Waals surface area contributed by atoms with E-state index in [1.807, 2.05) is 4.90 Å². The topological polar surface area (TPSA) is 64.4 Å². The van der Waals surface area contributed by atoms with Crippen LogP contribution in [-0.2, 0) is 28.9 Å². The Morgan fingerprint density at radius 2 is 2.15 bits per heavy atom. The molecular weight excluding hydrogens is 362 g/mol. The molecule has 0 radical (unpaired) electrons. The normalized spacial score (nSPS) is 13.7. The zero-order valence-electron chi connectivity index (χ0n) is 16.3. The maximum Gasteiger partial charge on any atom is 0.262 e. The number of aromatic nitrogens is 2. The smallest absolute Gasteiger partial charge is 0.262 e. The fraction of sp³-hybridized carbons (Fsp3) is 0.650. The number of unbranched alkanes of at least 4 members (excludes halogenated alkanes) is 1. The molecule has 6 nitrogen and oxygen atoms in total. The highest BCUT2D eigenvalue weighted by molar-refractivity contribution is 7.18. The molecule has 1 aliphatic carbocycles. The molecule has 0 spiro atoms. The van der Waals surface area contributed by atoms with Crippen LogP contribution in [0.2, 0.25) is 0 Å². The lowest BCUT2D eigenvalue weighted by Gasteiger charge is -2.22. The molecule has 0 saturated carbocycles. The third kappa shape index (κ3) is 4.58. The highest BCUT2D eigenvalue weighted by Crippen LogP contribution is 2.33. The summed E-state index contributed by atoms with van der Waals surface area (Å²) in [5.41, 5.74) is 1.20. The van der Waals surface area contributed by atoms with Crippen molar-refractivity contribution >= 4 is 27.5 Å². The third-order valence-electron chi connectivity index (χ3n) is 5.21. The highest BCUT2D eigenvalue weighted by Gasteiger charge is 2.20. The van der Waals surface area contributed by atoms with E-state index >= 15 is 0 Å². The largest absolute Gasteiger partial charge is 0.383 e. The Bertz CT molecular complexity index is 835. The van der Waals surface area contributed by atoms with Gasteiger partial charge in [0, 0.05) is 38.0 Å². The van der Waals surface area contributed by atoms with Crippen LogP contribution in [-0.4, -0.2) is 47.2 Å². The van der Waals surface area contributed by atoms with Gasteiger partial charge in [-0.25, -0.2) is 4.98 Å². The summed E-state index contributed by atoms with van der Waals surface area (Å²) in [6, 6.07) is 0. The molecule has 0 unspecified atom stereocenters. The lowest BCUT2D eigenvalue weighted by atomic mass is 9.97. The highest BCUT2D eigenvalue weighted by atomic mass is 32.1. The van der Waals surface area contributed by atoms with Gasteiger partial charge >= 0.3 is 0 Å². The van der Waals surface area contributed by atoms with Crippen molar-refractivity contribution in [2.75, 3.05) is 26.8 Å². The number of carbonyl (C=O) groups is 1. The minimum atomic E-state index is 0.00389. The van der Waals surface area contributed by atoms with Crippen molar-refractivity contribution < 1.29 is 9.53 Å². The first-order valence-electron chi connectivity index (χ1n) is 9.92. The number of nitrogens with zero attached hydrogens (tertiary/aromatic N) is 3. The second-order valence-electron chi connectivity index (χ2n) is 7.11. The number of fused-ring (bicyclic) bond motifs is 3. The van der Waals surface area contributed by atoms with Crippen LogP contribution in [0.1, 0.15) is 49.5 Å². The SMILES string of the molecule is CCCCN(CCOC)C(=O)CCn1cnc2sc3c(c2c1=O)CCCC3. The second kappa shape index (κ2) is 9.46. The number of thiophene rings is 1. The average molecular weight is 392 g/mol. The number of hydrogen-bond donors (Lipinski definition) is 0. The summed E-state index contributed by atoms with van der Waals surface area (Å²) in [5.74, 6) is 0.0693. The van der Waals surface area contributed by atoms with Gasteiger partial charge in [0.1, 0.15) is 4.83 Å². The molecule has 0 fully saturated rings. The third-order valence-corrected chi connectivity index (χ3v) is 6.41. The van der Waals surface area contributed by atoms with Gasteiger partial charge < -0.3 is 9.64 Å². The van der Waals surface area contributed by atoms with Crippen LogP contribution in [0.4, 0.5) is 0 Å². The molecule has 1 aliphatic rings. The van der Waals surface area contributed by atoms with E-state index in [2.05, 4.69) is 11.9 Å². The Morgan fingerprint density at radius 1 is 1.33 bits per heavy atom. The fourth-order valence-electron chi connectivity index (χ4n) is 3.63. The molecule has 7 heteroatoms. The molecule has 0 atom stereocenters. The van der Waals surface area contributed by atoms with Gasteiger partial charge in [-0.2, -0.15) is 0 Å². The Morgan fingerprint density at radius 3 is 2.93 bits per heavy atom. The maximum atomic E-state index is 13.0. The van der Waals surface area contributed by atoms with Crippen LogP contribution >= 0.6 is 11.3 Å². The molecule has 0 saturated heterocycles. The molecule has 2 aromatic rings. The Hall–Kier alpha value is -1.73. The zero-order chi connectivity index (χ0) is 19.2. The van der Waals surface area contributed by atoms with Crippen molar-refractivity contribution in [3.8, 4) is 0 Å². The van der Waals surface area contributed by atoms with Gasteiger partial charge in [0.2, 0.25) is 5.91 Å². The first kappa shape index (κ1) is 20.0. The summed E-state index contributed by atoms with van der Waals surface area (Å²) >= 11 is 1.66. The van der Waals surface area contributed by atoms with Crippen molar-refractivity contribution in [2.45, 2.75) is 58.4 Å². The monoisotopic (exact) mass is 391 g/mol. The predicted octanol–water partition coefficient (Wildman–Crippen LogP) is 3.00. The molecule has 148 valence electrons. The average Bonchev–Trinajstić information content (AvgIpc) is 3.06. The first-order chi connectivity index (χ1) is 13.2. The summed E-state index contributed by atoms with van der Waals surface area (Å²) in [5, 5.41) is 0.784. The summed E-state index contributed by atoms with van der Waals surface area (Å²) in [7, 11) is 1.64. The molecule has 27 heavy (non-hydrogen) atoms. The van der Waals surface area contributed by atoms with E-state index in [0.29, 0.717) is 26.1 Å². The molecular formula is C20H29N3O3S. The van der Waals surface area contributed by atoms with E-state index in [1.54, 1.807) is 29.3 Å². The van der Waals surface area contributed by atoms with Gasteiger partial charge in [-0.05, 0) is 37.7 Å². The van der Waals surface area contributed by atoms with Crippen LogP contribution in [0.3, 0.4) is 0 Å². The van der Waals surface area contributed by atoms with Crippen LogP contribution in [0.25, 0.3) is 10.2 Å². The number of rotatable bonds is 9. The van der Waals surface area contributed by atoms with E-state index in [4.69, 9.17) is 4.74 Å². The summed E-state index contributed by atoms with van der Waals surface area (Å²) in [6.07, 6.45) is 8.29. The predicted molar refractivity (Wildman–Crippen MR) is 109 cm³/mol. The number of carbonyl (C=O) groups excluding carboxylic acids is 1. The zero-order valence-corrected chi connectivity index (χ0v) is 17.1. The van der Waals surface area contributed by atoms with Crippen molar-refractivity contribution in [2.24, 2.45) is 0 Å². The summed E-state index contributed by atoms with van der Waals surface area (Å²) < 4.78 is 6.73. The second-order valence-corrected chi connectivity index (χ2v) is 8.19. The van der Waals surface area contributed by atoms with E-state index < -0.39 is 0 Å². The van der Waals surface area contributed by atoms with E-state index in [0.717, 1.165) is 48.9 Å². The quantitative estimate of drug-likeness (QED) is 0.659. The van der Waals surface area contributed by atoms with Gasteiger partial charge in [0.05, 0.1) is 18.3 Å². The van der Waals surface area contributed by atoms with Crippen molar-refractivity contribution in [3.63, 3.8) is 0 Å². The van der Waals surface area contributed by atoms with Gasteiger partial charge in [0.25, 0.3) is 5.56 Å². The number of amides is 1. The number of hydrogen-bond acceptors (Lipinski definition) is 5. The molecule has 0 N–H and O–H groups in total. The molecule has 0 aromatic carbocycles. The fourth-order valence-corrected chi connectivity index (χ4v) is 4.85. The number of ether oxygens (including phenoxy) is 1. The Kier molecular flexibility index (Phi) is 7.01. The van der Waals surface area contributed by atoms with Gasteiger partial charge in [-0.3, -0.25) is 14.2 Å². The minimum Gasteiger partial charge on any atom is -0.383 e. The van der Waals surface area contributed by atoms with E-state index in [9.17, 15) is 9.59 Å². The molecule has 0 aliphatic heterocycles.